The lowest BCUT2D eigenvalue weighted by molar-refractivity contribution is -0.139. The highest BCUT2D eigenvalue weighted by atomic mass is 19.4. The lowest BCUT2D eigenvalue weighted by Crippen LogP contribution is -2.49. The molecule has 1 unspecified atom stereocenters. The maximum Gasteiger partial charge on any atom is 0.416 e. The third-order valence-electron chi connectivity index (χ3n) is 7.22. The summed E-state index contributed by atoms with van der Waals surface area (Å²) in [6, 6.07) is 13.2. The van der Waals surface area contributed by atoms with Crippen molar-refractivity contribution in [1.29, 1.82) is 5.26 Å². The topological polar surface area (TPSA) is 129 Å². The number of methoxy groups -OCH3 is 2. The quantitative estimate of drug-likeness (QED) is 0.528. The number of anilines is 2. The number of rotatable bonds is 5. The van der Waals surface area contributed by atoms with E-state index in [1.54, 1.807) is 40.1 Å². The largest absolute Gasteiger partial charge is 0.466 e. The second-order valence-corrected chi connectivity index (χ2v) is 9.53. The van der Waals surface area contributed by atoms with Crippen LogP contribution in [0.4, 0.5) is 24.5 Å². The highest BCUT2D eigenvalue weighted by molar-refractivity contribution is 6.07. The first kappa shape index (κ1) is 30.0. The Bertz CT molecular complexity index is 1510. The average molecular weight is 584 g/mol. The van der Waals surface area contributed by atoms with Crippen molar-refractivity contribution in [3.8, 4) is 6.07 Å². The first-order valence-electron chi connectivity index (χ1n) is 12.8. The van der Waals surface area contributed by atoms with Crippen LogP contribution in [-0.4, -0.2) is 63.1 Å². The first-order valence-corrected chi connectivity index (χ1v) is 12.8. The molecular formula is C29H28F3N5O5. The minimum Gasteiger partial charge on any atom is -0.466 e. The number of hydrogen-bond acceptors (Lipinski definition) is 9. The van der Waals surface area contributed by atoms with Crippen molar-refractivity contribution in [3.63, 3.8) is 0 Å². The number of benzene rings is 2. The molecular weight excluding hydrogens is 555 g/mol. The van der Waals surface area contributed by atoms with Gasteiger partial charge in [0.05, 0.1) is 54.3 Å². The molecule has 0 spiro atoms. The Hall–Kier alpha value is -4.99. The van der Waals surface area contributed by atoms with Crippen molar-refractivity contribution in [1.82, 2.24) is 4.90 Å². The van der Waals surface area contributed by atoms with Crippen molar-refractivity contribution < 1.29 is 37.0 Å². The lowest BCUT2D eigenvalue weighted by atomic mass is 9.80. The lowest BCUT2D eigenvalue weighted by Gasteiger charge is -2.40. The molecule has 1 atom stereocenters. The van der Waals surface area contributed by atoms with Crippen molar-refractivity contribution in [2.24, 2.45) is 5.73 Å². The van der Waals surface area contributed by atoms with Crippen LogP contribution in [0.1, 0.15) is 24.0 Å². The second-order valence-electron chi connectivity index (χ2n) is 9.53. The molecule has 1 saturated heterocycles. The molecule has 0 bridgehead atoms. The number of ether oxygens (including phenoxy) is 2. The number of alkyl halides is 3. The standard InChI is InChI=1S/C29H28F3N5O5/c1-17(38)35-11-13-36(14-12-35)21-10-9-19(29(30,31)32)15-22(21)37-25(28(40)42-3)24(27(39)41-2)23(20(16-33)26(37)34)18-7-5-4-6-8-18/h4-10,15,23H,11-14,34H2,1-3H3. The summed E-state index contributed by atoms with van der Waals surface area (Å²) in [6.45, 7) is 2.54. The van der Waals surface area contributed by atoms with Gasteiger partial charge >= 0.3 is 18.1 Å². The van der Waals surface area contributed by atoms with Gasteiger partial charge in [0.2, 0.25) is 5.91 Å². The summed E-state index contributed by atoms with van der Waals surface area (Å²) in [6.07, 6.45) is -4.78. The van der Waals surface area contributed by atoms with Gasteiger partial charge in [0.25, 0.3) is 0 Å². The Morgan fingerprint density at radius 2 is 1.57 bits per heavy atom. The number of esters is 2. The van der Waals surface area contributed by atoms with Gasteiger partial charge < -0.3 is 25.0 Å². The summed E-state index contributed by atoms with van der Waals surface area (Å²) >= 11 is 0. The fourth-order valence-electron chi connectivity index (χ4n) is 5.17. The molecule has 220 valence electrons. The molecule has 42 heavy (non-hydrogen) atoms. The van der Waals surface area contributed by atoms with Crippen LogP contribution in [0.15, 0.2) is 71.2 Å². The third kappa shape index (κ3) is 5.47. The molecule has 4 rings (SSSR count). The maximum atomic E-state index is 14.0. The number of carbonyl (C=O) groups is 3. The number of piperazine rings is 1. The van der Waals surface area contributed by atoms with E-state index in [0.29, 0.717) is 18.7 Å². The Morgan fingerprint density at radius 3 is 2.10 bits per heavy atom. The zero-order valence-corrected chi connectivity index (χ0v) is 23.1. The SMILES string of the molecule is COC(=O)C1=C(C(=O)OC)N(c2cc(C(F)(F)F)ccc2N2CCN(C(C)=O)CC2)C(N)=C(C#N)C1c1ccccc1. The number of nitrogens with two attached hydrogens (primary N) is 1. The molecule has 2 aromatic rings. The number of nitriles is 1. The maximum absolute atomic E-state index is 14.0. The zero-order chi connectivity index (χ0) is 30.8. The Labute approximate surface area is 240 Å². The number of nitrogens with zero attached hydrogens (tertiary/aromatic N) is 4. The number of carbonyl (C=O) groups excluding carboxylic acids is 3. The summed E-state index contributed by atoms with van der Waals surface area (Å²) in [4.78, 5) is 42.9. The van der Waals surface area contributed by atoms with E-state index in [1.165, 1.54) is 13.0 Å². The smallest absolute Gasteiger partial charge is 0.416 e. The van der Waals surface area contributed by atoms with Crippen LogP contribution in [0.5, 0.6) is 0 Å². The van der Waals surface area contributed by atoms with E-state index in [4.69, 9.17) is 15.2 Å². The van der Waals surface area contributed by atoms with Crippen molar-refractivity contribution in [2.75, 3.05) is 50.2 Å². The second kappa shape index (κ2) is 11.9. The molecule has 1 amide bonds. The zero-order valence-electron chi connectivity index (χ0n) is 23.1. The molecule has 13 heteroatoms. The molecule has 10 nitrogen and oxygen atoms in total. The summed E-state index contributed by atoms with van der Waals surface area (Å²) in [7, 11) is 2.13. The molecule has 0 aliphatic carbocycles. The summed E-state index contributed by atoms with van der Waals surface area (Å²) in [5.74, 6) is -3.77. The molecule has 0 saturated carbocycles. The van der Waals surface area contributed by atoms with Gasteiger partial charge in [-0.15, -0.1) is 0 Å². The Balaban J connectivity index is 2.04. The van der Waals surface area contributed by atoms with E-state index in [1.807, 2.05) is 6.07 Å². The fourth-order valence-corrected chi connectivity index (χ4v) is 5.17. The first-order chi connectivity index (χ1) is 19.9. The molecule has 1 fully saturated rings. The van der Waals surface area contributed by atoms with Gasteiger partial charge in [0.1, 0.15) is 11.5 Å². The van der Waals surface area contributed by atoms with Gasteiger partial charge in [-0.2, -0.15) is 18.4 Å². The van der Waals surface area contributed by atoms with Crippen LogP contribution >= 0.6 is 0 Å². The Morgan fingerprint density at radius 1 is 0.952 bits per heavy atom. The van der Waals surface area contributed by atoms with E-state index in [2.05, 4.69) is 0 Å². The van der Waals surface area contributed by atoms with Crippen molar-refractivity contribution in [2.45, 2.75) is 19.0 Å². The van der Waals surface area contributed by atoms with Gasteiger partial charge in [-0.3, -0.25) is 9.69 Å². The number of amides is 1. The van der Waals surface area contributed by atoms with Gasteiger partial charge in [0, 0.05) is 33.1 Å². The molecule has 2 heterocycles. The summed E-state index contributed by atoms with van der Waals surface area (Å²) in [5.41, 5.74) is 4.93. The Kier molecular flexibility index (Phi) is 8.46. The van der Waals surface area contributed by atoms with Crippen LogP contribution in [0.25, 0.3) is 0 Å². The normalized spacial score (nSPS) is 17.6. The van der Waals surface area contributed by atoms with Gasteiger partial charge in [-0.25, -0.2) is 9.59 Å². The van der Waals surface area contributed by atoms with E-state index in [9.17, 15) is 32.8 Å². The molecule has 0 radical (unpaired) electrons. The van der Waals surface area contributed by atoms with Crippen molar-refractivity contribution in [3.05, 3.63) is 82.3 Å². The third-order valence-corrected chi connectivity index (χ3v) is 7.22. The summed E-state index contributed by atoms with van der Waals surface area (Å²) < 4.78 is 52.0. The minimum absolute atomic E-state index is 0.144. The predicted octanol–water partition coefficient (Wildman–Crippen LogP) is 3.27. The van der Waals surface area contributed by atoms with Crippen LogP contribution in [-0.2, 0) is 30.0 Å². The minimum atomic E-state index is -4.78. The van der Waals surface area contributed by atoms with Gasteiger partial charge in [0.15, 0.2) is 0 Å². The number of allylic oxidation sites excluding steroid dienone is 1. The molecule has 2 aliphatic heterocycles. The van der Waals surface area contributed by atoms with Crippen LogP contribution in [0.2, 0.25) is 0 Å². The average Bonchev–Trinajstić information content (AvgIpc) is 2.99. The van der Waals surface area contributed by atoms with E-state index >= 15 is 0 Å². The summed E-state index contributed by atoms with van der Waals surface area (Å²) in [5, 5.41) is 10.3. The molecule has 2 N–H and O–H groups in total. The fraction of sp³-hybridized carbons (Fsp3) is 0.310. The molecule has 0 aromatic heterocycles. The molecule has 2 aliphatic rings. The van der Waals surface area contributed by atoms with Crippen LogP contribution in [0, 0.1) is 11.3 Å². The van der Waals surface area contributed by atoms with Gasteiger partial charge in [-0.05, 0) is 23.8 Å². The highest BCUT2D eigenvalue weighted by Crippen LogP contribution is 2.47. The van der Waals surface area contributed by atoms with E-state index in [0.717, 1.165) is 31.3 Å². The highest BCUT2D eigenvalue weighted by Gasteiger charge is 2.44. The monoisotopic (exact) mass is 583 g/mol. The van der Waals surface area contributed by atoms with Crippen LogP contribution in [0.3, 0.4) is 0 Å². The molecule has 2 aromatic carbocycles. The number of halogens is 3. The van der Waals surface area contributed by atoms with Crippen LogP contribution < -0.4 is 15.5 Å². The predicted molar refractivity (Wildman–Crippen MR) is 145 cm³/mol. The van der Waals surface area contributed by atoms with E-state index < -0.39 is 35.3 Å². The van der Waals surface area contributed by atoms with E-state index in [-0.39, 0.29) is 47.3 Å². The van der Waals surface area contributed by atoms with Gasteiger partial charge in [-0.1, -0.05) is 30.3 Å². The number of hydrogen-bond donors (Lipinski definition) is 1. The van der Waals surface area contributed by atoms with Crippen molar-refractivity contribution >= 4 is 29.2 Å².